The van der Waals surface area contributed by atoms with E-state index in [0.29, 0.717) is 50.6 Å². The molecular formula is C24H34N6O5. The van der Waals surface area contributed by atoms with Gasteiger partial charge in [-0.2, -0.15) is 9.97 Å². The second kappa shape index (κ2) is 12.3. The zero-order valence-electron chi connectivity index (χ0n) is 20.5. The molecule has 1 aromatic carbocycles. The number of ether oxygens (including phenoxy) is 2. The van der Waals surface area contributed by atoms with Crippen LogP contribution in [0.4, 0.5) is 5.82 Å². The van der Waals surface area contributed by atoms with Crippen LogP contribution in [0.25, 0.3) is 11.2 Å². The third-order valence-electron chi connectivity index (χ3n) is 5.84. The minimum Gasteiger partial charge on any atom is -0.481 e. The summed E-state index contributed by atoms with van der Waals surface area (Å²) in [5, 5.41) is 9.34. The number of aliphatic carboxylic acids is 1. The van der Waals surface area contributed by atoms with Gasteiger partial charge in [0.2, 0.25) is 0 Å². The van der Waals surface area contributed by atoms with Gasteiger partial charge in [0.1, 0.15) is 5.52 Å². The van der Waals surface area contributed by atoms with E-state index in [9.17, 15) is 14.7 Å². The van der Waals surface area contributed by atoms with Crippen molar-refractivity contribution < 1.29 is 19.4 Å². The lowest BCUT2D eigenvalue weighted by atomic mass is 9.99. The largest absolute Gasteiger partial charge is 0.481 e. The smallest absolute Gasteiger partial charge is 0.327 e. The van der Waals surface area contributed by atoms with Crippen molar-refractivity contribution in [1.82, 2.24) is 24.4 Å². The lowest BCUT2D eigenvalue weighted by molar-refractivity contribution is -0.138. The maximum absolute atomic E-state index is 12.7. The Hall–Kier alpha value is -3.44. The maximum atomic E-state index is 12.7. The van der Waals surface area contributed by atoms with Gasteiger partial charge in [0, 0.05) is 33.3 Å². The molecule has 1 atom stereocenters. The number of hydrogen-bond acceptors (Lipinski definition) is 8. The molecule has 4 N–H and O–H groups in total. The molecule has 0 radical (unpaired) electrons. The number of nitrogen functional groups attached to an aromatic ring is 1. The molecule has 11 heteroatoms. The molecule has 3 rings (SSSR count). The van der Waals surface area contributed by atoms with Crippen LogP contribution < -0.4 is 16.2 Å². The van der Waals surface area contributed by atoms with E-state index in [1.807, 2.05) is 24.3 Å². The molecular weight excluding hydrogens is 452 g/mol. The normalized spacial score (nSPS) is 12.3. The number of carbonyl (C=O) groups is 1. The summed E-state index contributed by atoms with van der Waals surface area (Å²) in [5.74, 6) is -1.29. The van der Waals surface area contributed by atoms with E-state index in [1.54, 1.807) is 14.0 Å². The van der Waals surface area contributed by atoms with Crippen molar-refractivity contribution in [3.8, 4) is 6.01 Å². The van der Waals surface area contributed by atoms with Gasteiger partial charge in [0.05, 0.1) is 19.1 Å². The molecule has 0 spiro atoms. The number of fused-ring (bicyclic) bond motifs is 1. The molecule has 190 valence electrons. The summed E-state index contributed by atoms with van der Waals surface area (Å²) in [6.45, 7) is 6.81. The van der Waals surface area contributed by atoms with Gasteiger partial charge in [-0.1, -0.05) is 37.6 Å². The summed E-state index contributed by atoms with van der Waals surface area (Å²) in [4.78, 5) is 37.5. The van der Waals surface area contributed by atoms with Crippen molar-refractivity contribution >= 4 is 23.0 Å². The highest BCUT2D eigenvalue weighted by atomic mass is 16.5. The van der Waals surface area contributed by atoms with Gasteiger partial charge in [-0.3, -0.25) is 14.3 Å². The number of methoxy groups -OCH3 is 1. The minimum atomic E-state index is -0.864. The highest BCUT2D eigenvalue weighted by Gasteiger charge is 2.17. The minimum absolute atomic E-state index is 0.150. The number of rotatable bonds is 14. The standard InChI is InChI=1S/C24H34N6O5/c1-4-5-12-35-23-27-20(25)19-21(28-23)30(24(33)26-19)10-9-29(11-13-34-3)15-17-7-6-8-18(14-17)16(2)22(31)32/h6-8,14,16H,4-5,9-13,15H2,1-3H3,(H,26,33)(H,31,32)(H2,25,27,28). The van der Waals surface area contributed by atoms with Crippen molar-refractivity contribution in [2.75, 3.05) is 39.1 Å². The number of aromatic nitrogens is 4. The van der Waals surface area contributed by atoms with Crippen LogP contribution in [-0.2, 0) is 22.6 Å². The first kappa shape index (κ1) is 26.2. The summed E-state index contributed by atoms with van der Waals surface area (Å²) >= 11 is 0. The SMILES string of the molecule is CCCCOc1nc(N)c2[nH]c(=O)n(CCN(CCOC)Cc3cccc(C(C)C(=O)O)c3)c2n1. The first-order valence-electron chi connectivity index (χ1n) is 11.8. The number of carboxylic acid groups (broad SMARTS) is 1. The van der Waals surface area contributed by atoms with Gasteiger partial charge >= 0.3 is 17.7 Å². The van der Waals surface area contributed by atoms with Crippen molar-refractivity contribution in [2.24, 2.45) is 0 Å². The Morgan fingerprint density at radius 1 is 1.29 bits per heavy atom. The van der Waals surface area contributed by atoms with E-state index >= 15 is 0 Å². The molecule has 0 saturated carbocycles. The zero-order valence-corrected chi connectivity index (χ0v) is 20.5. The molecule has 0 amide bonds. The van der Waals surface area contributed by atoms with Crippen LogP contribution >= 0.6 is 0 Å². The Morgan fingerprint density at radius 2 is 2.09 bits per heavy atom. The highest BCUT2D eigenvalue weighted by Crippen LogP contribution is 2.19. The number of nitrogens with one attached hydrogen (secondary N) is 1. The molecule has 1 unspecified atom stereocenters. The van der Waals surface area contributed by atoms with Gasteiger partial charge in [0.15, 0.2) is 11.5 Å². The van der Waals surface area contributed by atoms with Gasteiger partial charge in [-0.15, -0.1) is 0 Å². The fourth-order valence-corrected chi connectivity index (χ4v) is 3.70. The Labute approximate surface area is 203 Å². The molecule has 0 bridgehead atoms. The van der Waals surface area contributed by atoms with Gasteiger partial charge in [-0.05, 0) is 24.5 Å². The highest BCUT2D eigenvalue weighted by molar-refractivity contribution is 5.81. The summed E-state index contributed by atoms with van der Waals surface area (Å²) in [7, 11) is 1.64. The van der Waals surface area contributed by atoms with Crippen LogP contribution in [0.5, 0.6) is 6.01 Å². The summed E-state index contributed by atoms with van der Waals surface area (Å²) in [5.41, 5.74) is 8.24. The van der Waals surface area contributed by atoms with Crippen molar-refractivity contribution in [3.63, 3.8) is 0 Å². The predicted molar refractivity (Wildman–Crippen MR) is 133 cm³/mol. The number of benzene rings is 1. The Bertz CT molecular complexity index is 1190. The number of hydrogen-bond donors (Lipinski definition) is 3. The molecule has 0 fully saturated rings. The number of unbranched alkanes of at least 4 members (excludes halogenated alkanes) is 1. The topological polar surface area (TPSA) is 149 Å². The van der Waals surface area contributed by atoms with E-state index in [-0.39, 0.29) is 17.5 Å². The van der Waals surface area contributed by atoms with Gasteiger partial charge < -0.3 is 25.3 Å². The molecule has 0 aliphatic heterocycles. The third-order valence-corrected chi connectivity index (χ3v) is 5.84. The van der Waals surface area contributed by atoms with E-state index in [2.05, 4.69) is 26.8 Å². The molecule has 2 heterocycles. The van der Waals surface area contributed by atoms with Crippen LogP contribution in [-0.4, -0.2) is 68.9 Å². The summed E-state index contributed by atoms with van der Waals surface area (Å²) < 4.78 is 12.4. The Kier molecular flexibility index (Phi) is 9.21. The monoisotopic (exact) mass is 486 g/mol. The lowest BCUT2D eigenvalue weighted by Crippen LogP contribution is -2.32. The van der Waals surface area contributed by atoms with Crippen LogP contribution in [0.2, 0.25) is 0 Å². The Balaban J connectivity index is 1.79. The van der Waals surface area contributed by atoms with Crippen LogP contribution in [0.3, 0.4) is 0 Å². The fourth-order valence-electron chi connectivity index (χ4n) is 3.70. The van der Waals surface area contributed by atoms with E-state index in [0.717, 1.165) is 24.0 Å². The van der Waals surface area contributed by atoms with Gasteiger partial charge in [-0.25, -0.2) is 4.79 Å². The molecule has 0 aliphatic carbocycles. The number of nitrogens with two attached hydrogens (primary N) is 1. The average Bonchev–Trinajstić information content (AvgIpc) is 3.16. The zero-order chi connectivity index (χ0) is 25.4. The van der Waals surface area contributed by atoms with E-state index < -0.39 is 11.9 Å². The summed E-state index contributed by atoms with van der Waals surface area (Å²) in [6, 6.07) is 7.70. The number of carboxylic acids is 1. The molecule has 0 saturated heterocycles. The second-order valence-electron chi connectivity index (χ2n) is 8.45. The number of anilines is 1. The molecule has 2 aromatic heterocycles. The Morgan fingerprint density at radius 3 is 2.80 bits per heavy atom. The van der Waals surface area contributed by atoms with Crippen LogP contribution in [0, 0.1) is 0 Å². The van der Waals surface area contributed by atoms with Crippen LogP contribution in [0.1, 0.15) is 43.7 Å². The van der Waals surface area contributed by atoms with Crippen molar-refractivity contribution in [3.05, 3.63) is 45.9 Å². The number of H-pyrrole nitrogens is 1. The second-order valence-corrected chi connectivity index (χ2v) is 8.45. The molecule has 0 aliphatic rings. The van der Waals surface area contributed by atoms with E-state index in [4.69, 9.17) is 15.2 Å². The van der Waals surface area contributed by atoms with Crippen molar-refractivity contribution in [2.45, 2.75) is 45.7 Å². The van der Waals surface area contributed by atoms with Gasteiger partial charge in [0.25, 0.3) is 0 Å². The van der Waals surface area contributed by atoms with E-state index in [1.165, 1.54) is 4.57 Å². The predicted octanol–water partition coefficient (Wildman–Crippen LogP) is 2.22. The quantitative estimate of drug-likeness (QED) is 0.292. The maximum Gasteiger partial charge on any atom is 0.327 e. The lowest BCUT2D eigenvalue weighted by Gasteiger charge is -2.22. The van der Waals surface area contributed by atoms with Crippen molar-refractivity contribution in [1.29, 1.82) is 0 Å². The molecule has 11 nitrogen and oxygen atoms in total. The summed E-state index contributed by atoms with van der Waals surface area (Å²) in [6.07, 6.45) is 1.84. The molecule has 3 aromatic rings. The van der Waals surface area contributed by atoms with Crippen LogP contribution in [0.15, 0.2) is 29.1 Å². The fraction of sp³-hybridized carbons (Fsp3) is 0.500. The third kappa shape index (κ3) is 6.80. The first-order valence-corrected chi connectivity index (χ1v) is 11.8. The first-order chi connectivity index (χ1) is 16.8. The molecule has 35 heavy (non-hydrogen) atoms. The number of nitrogens with zero attached hydrogens (tertiary/aromatic N) is 4. The number of aromatic amines is 1. The number of imidazole rings is 1. The average molecular weight is 487 g/mol.